The second kappa shape index (κ2) is 7.28. The van der Waals surface area contributed by atoms with Crippen LogP contribution in [0.1, 0.15) is 17.7 Å². The molecule has 0 amide bonds. The van der Waals surface area contributed by atoms with Crippen molar-refractivity contribution in [2.45, 2.75) is 25.5 Å². The Labute approximate surface area is 151 Å². The van der Waals surface area contributed by atoms with Crippen LogP contribution < -0.4 is 24.4 Å². The molecule has 0 unspecified atom stereocenters. The van der Waals surface area contributed by atoms with E-state index in [2.05, 4.69) is 30.2 Å². The SMILES string of the molecule is COc1ncc(N2CCc3ncnc(O[C@H]4CCNC4)c3C2)c(OC)n1. The van der Waals surface area contributed by atoms with Gasteiger partial charge in [0.15, 0.2) is 0 Å². The van der Waals surface area contributed by atoms with Crippen molar-refractivity contribution in [1.82, 2.24) is 25.3 Å². The molecular weight excluding hydrogens is 336 g/mol. The molecule has 0 spiro atoms. The molecule has 26 heavy (non-hydrogen) atoms. The van der Waals surface area contributed by atoms with Crippen molar-refractivity contribution < 1.29 is 14.2 Å². The van der Waals surface area contributed by atoms with Gasteiger partial charge in [0.25, 0.3) is 0 Å². The number of ether oxygens (including phenoxy) is 3. The lowest BCUT2D eigenvalue weighted by Crippen LogP contribution is -2.33. The van der Waals surface area contributed by atoms with Crippen molar-refractivity contribution in [2.75, 3.05) is 38.8 Å². The van der Waals surface area contributed by atoms with Gasteiger partial charge in [-0.15, -0.1) is 0 Å². The first-order chi connectivity index (χ1) is 12.8. The zero-order valence-corrected chi connectivity index (χ0v) is 14.9. The molecule has 2 aliphatic rings. The molecule has 0 aliphatic carbocycles. The van der Waals surface area contributed by atoms with E-state index in [9.17, 15) is 0 Å². The topological polar surface area (TPSA) is 94.5 Å². The molecule has 0 aromatic carbocycles. The van der Waals surface area contributed by atoms with Crippen LogP contribution in [0.5, 0.6) is 17.8 Å². The van der Waals surface area contributed by atoms with Gasteiger partial charge in [0.05, 0.1) is 38.2 Å². The van der Waals surface area contributed by atoms with Crippen LogP contribution in [0.25, 0.3) is 0 Å². The maximum absolute atomic E-state index is 6.13. The van der Waals surface area contributed by atoms with E-state index in [4.69, 9.17) is 14.2 Å². The Morgan fingerprint density at radius 1 is 1.15 bits per heavy atom. The summed E-state index contributed by atoms with van der Waals surface area (Å²) in [6, 6.07) is 0.282. The van der Waals surface area contributed by atoms with Crippen LogP contribution in [-0.4, -0.2) is 59.9 Å². The highest BCUT2D eigenvalue weighted by Gasteiger charge is 2.27. The number of methoxy groups -OCH3 is 2. The van der Waals surface area contributed by atoms with Gasteiger partial charge in [-0.05, 0) is 13.0 Å². The molecule has 0 radical (unpaired) electrons. The van der Waals surface area contributed by atoms with Crippen molar-refractivity contribution in [3.8, 4) is 17.8 Å². The lowest BCUT2D eigenvalue weighted by molar-refractivity contribution is 0.210. The van der Waals surface area contributed by atoms with Gasteiger partial charge in [-0.25, -0.2) is 15.0 Å². The smallest absolute Gasteiger partial charge is 0.319 e. The molecule has 0 saturated carbocycles. The van der Waals surface area contributed by atoms with Gasteiger partial charge in [0, 0.05) is 19.5 Å². The van der Waals surface area contributed by atoms with Crippen LogP contribution in [0.2, 0.25) is 0 Å². The summed E-state index contributed by atoms with van der Waals surface area (Å²) in [6.45, 7) is 3.24. The van der Waals surface area contributed by atoms with Crippen LogP contribution in [0.15, 0.2) is 12.5 Å². The Balaban J connectivity index is 1.61. The van der Waals surface area contributed by atoms with Gasteiger partial charge in [0.2, 0.25) is 11.8 Å². The number of anilines is 1. The third-order valence-electron chi connectivity index (χ3n) is 4.69. The standard InChI is InChI=1S/C17H22N6O3/c1-24-16-14(8-19-17(22-16)25-2)23-6-4-13-12(9-23)15(21-10-20-13)26-11-3-5-18-7-11/h8,10-11,18H,3-7,9H2,1-2H3/t11-/m0/s1. The summed E-state index contributed by atoms with van der Waals surface area (Å²) in [5.74, 6) is 1.15. The third kappa shape index (κ3) is 3.22. The second-order valence-electron chi connectivity index (χ2n) is 6.26. The number of nitrogens with one attached hydrogen (secondary N) is 1. The summed E-state index contributed by atoms with van der Waals surface area (Å²) >= 11 is 0. The maximum atomic E-state index is 6.13. The molecule has 9 heteroatoms. The maximum Gasteiger partial charge on any atom is 0.319 e. The second-order valence-corrected chi connectivity index (χ2v) is 6.26. The largest absolute Gasteiger partial charge is 0.479 e. The number of nitrogens with zero attached hydrogens (tertiary/aromatic N) is 5. The lowest BCUT2D eigenvalue weighted by atomic mass is 10.1. The number of hydrogen-bond acceptors (Lipinski definition) is 9. The van der Waals surface area contributed by atoms with Crippen molar-refractivity contribution in [3.05, 3.63) is 23.8 Å². The van der Waals surface area contributed by atoms with Crippen LogP contribution in [0, 0.1) is 0 Å². The first kappa shape index (κ1) is 16.8. The minimum Gasteiger partial charge on any atom is -0.479 e. The summed E-state index contributed by atoms with van der Waals surface area (Å²) in [5.41, 5.74) is 2.87. The molecule has 4 rings (SSSR count). The fourth-order valence-electron chi connectivity index (χ4n) is 3.32. The van der Waals surface area contributed by atoms with Crippen molar-refractivity contribution in [2.24, 2.45) is 0 Å². The van der Waals surface area contributed by atoms with Gasteiger partial charge in [-0.3, -0.25) is 0 Å². The molecule has 1 saturated heterocycles. The predicted octanol–water partition coefficient (Wildman–Crippen LogP) is 0.587. The lowest BCUT2D eigenvalue weighted by Gasteiger charge is -2.31. The molecule has 2 aromatic rings. The van der Waals surface area contributed by atoms with Crippen molar-refractivity contribution in [3.63, 3.8) is 0 Å². The molecule has 4 heterocycles. The van der Waals surface area contributed by atoms with E-state index < -0.39 is 0 Å². The molecule has 2 aromatic heterocycles. The molecule has 1 N–H and O–H groups in total. The zero-order valence-electron chi connectivity index (χ0n) is 14.9. The van der Waals surface area contributed by atoms with Crippen LogP contribution in [0.4, 0.5) is 5.69 Å². The van der Waals surface area contributed by atoms with Gasteiger partial charge in [-0.1, -0.05) is 0 Å². The summed E-state index contributed by atoms with van der Waals surface area (Å²) in [5, 5.41) is 3.31. The third-order valence-corrected chi connectivity index (χ3v) is 4.69. The average molecular weight is 358 g/mol. The minimum atomic E-state index is 0.156. The Morgan fingerprint density at radius 3 is 2.85 bits per heavy atom. The molecule has 0 bridgehead atoms. The van der Waals surface area contributed by atoms with Crippen molar-refractivity contribution >= 4 is 5.69 Å². The predicted molar refractivity (Wildman–Crippen MR) is 93.8 cm³/mol. The Bertz CT molecular complexity index is 781. The molecule has 138 valence electrons. The summed E-state index contributed by atoms with van der Waals surface area (Å²) in [7, 11) is 3.12. The van der Waals surface area contributed by atoms with Gasteiger partial charge < -0.3 is 24.4 Å². The number of aromatic nitrogens is 4. The van der Waals surface area contributed by atoms with E-state index in [0.717, 1.165) is 49.4 Å². The summed E-state index contributed by atoms with van der Waals surface area (Å²) in [6.07, 6.45) is 5.25. The monoisotopic (exact) mass is 358 g/mol. The van der Waals surface area contributed by atoms with E-state index >= 15 is 0 Å². The number of fused-ring (bicyclic) bond motifs is 1. The average Bonchev–Trinajstić information content (AvgIpc) is 3.20. The van der Waals surface area contributed by atoms with Crippen LogP contribution in [0.3, 0.4) is 0 Å². The van der Waals surface area contributed by atoms with Crippen LogP contribution >= 0.6 is 0 Å². The van der Waals surface area contributed by atoms with E-state index in [0.29, 0.717) is 18.3 Å². The number of hydrogen-bond donors (Lipinski definition) is 1. The fourth-order valence-corrected chi connectivity index (χ4v) is 3.32. The Kier molecular flexibility index (Phi) is 4.70. The zero-order chi connectivity index (χ0) is 17.9. The minimum absolute atomic E-state index is 0.156. The van der Waals surface area contributed by atoms with Gasteiger partial charge >= 0.3 is 6.01 Å². The van der Waals surface area contributed by atoms with E-state index in [-0.39, 0.29) is 12.1 Å². The Morgan fingerprint density at radius 2 is 2.08 bits per heavy atom. The van der Waals surface area contributed by atoms with Gasteiger partial charge in [0.1, 0.15) is 18.1 Å². The quantitative estimate of drug-likeness (QED) is 0.824. The molecule has 2 aliphatic heterocycles. The van der Waals surface area contributed by atoms with Crippen LogP contribution in [-0.2, 0) is 13.0 Å². The number of rotatable bonds is 5. The summed E-state index contributed by atoms with van der Waals surface area (Å²) in [4.78, 5) is 19.5. The highest BCUT2D eigenvalue weighted by Crippen LogP contribution is 2.33. The highest BCUT2D eigenvalue weighted by atomic mass is 16.5. The van der Waals surface area contributed by atoms with Gasteiger partial charge in [-0.2, -0.15) is 4.98 Å². The molecular formula is C17H22N6O3. The van der Waals surface area contributed by atoms with Crippen molar-refractivity contribution in [1.29, 1.82) is 0 Å². The first-order valence-electron chi connectivity index (χ1n) is 8.68. The summed E-state index contributed by atoms with van der Waals surface area (Å²) < 4.78 is 16.6. The fraction of sp³-hybridized carbons (Fsp3) is 0.529. The highest BCUT2D eigenvalue weighted by molar-refractivity contribution is 5.56. The van der Waals surface area contributed by atoms with E-state index in [1.54, 1.807) is 19.6 Å². The molecule has 1 fully saturated rings. The normalized spacial score (nSPS) is 19.2. The first-order valence-corrected chi connectivity index (χ1v) is 8.68. The van der Waals surface area contributed by atoms with E-state index in [1.807, 2.05) is 0 Å². The molecule has 1 atom stereocenters. The Hall–Kier alpha value is -2.68. The van der Waals surface area contributed by atoms with E-state index in [1.165, 1.54) is 7.11 Å². The molecule has 9 nitrogen and oxygen atoms in total.